The quantitative estimate of drug-likeness (QED) is 0.798. The third-order valence-corrected chi connectivity index (χ3v) is 3.92. The van der Waals surface area contributed by atoms with Crippen LogP contribution in [0.4, 0.5) is 0 Å². The summed E-state index contributed by atoms with van der Waals surface area (Å²) in [5.74, 6) is 0.862. The Morgan fingerprint density at radius 2 is 2.00 bits per heavy atom. The van der Waals surface area contributed by atoms with Crippen LogP contribution < -0.4 is 0 Å². The van der Waals surface area contributed by atoms with E-state index >= 15 is 0 Å². The predicted octanol–water partition coefficient (Wildman–Crippen LogP) is 3.81. The first-order chi connectivity index (χ1) is 10.0. The molecule has 108 valence electrons. The highest BCUT2D eigenvalue weighted by molar-refractivity contribution is 6.30. The summed E-state index contributed by atoms with van der Waals surface area (Å²) in [6, 6.07) is 13.6. The van der Waals surface area contributed by atoms with E-state index in [0.717, 1.165) is 28.0 Å². The standard InChI is InChI=1S/C17H17ClN2O/c1-11-7-12(9-13(18)8-11)16(21)10-17-19-14-5-3-4-6-15(14)20(17)2/h3-9,16,21H,10H2,1-2H3. The maximum atomic E-state index is 10.5. The Hall–Kier alpha value is -1.84. The van der Waals surface area contributed by atoms with Crippen LogP contribution in [0.15, 0.2) is 42.5 Å². The third kappa shape index (κ3) is 2.80. The molecule has 3 rings (SSSR count). The fourth-order valence-electron chi connectivity index (χ4n) is 2.63. The minimum atomic E-state index is -0.613. The van der Waals surface area contributed by atoms with Gasteiger partial charge < -0.3 is 9.67 Å². The van der Waals surface area contributed by atoms with Gasteiger partial charge in [0, 0.05) is 18.5 Å². The van der Waals surface area contributed by atoms with E-state index in [1.54, 1.807) is 0 Å². The van der Waals surface area contributed by atoms with Gasteiger partial charge >= 0.3 is 0 Å². The second-order valence-corrected chi connectivity index (χ2v) is 5.79. The van der Waals surface area contributed by atoms with Gasteiger partial charge in [-0.1, -0.05) is 29.8 Å². The van der Waals surface area contributed by atoms with Crippen molar-refractivity contribution in [3.63, 3.8) is 0 Å². The van der Waals surface area contributed by atoms with Crippen molar-refractivity contribution in [2.45, 2.75) is 19.4 Å². The molecule has 4 heteroatoms. The van der Waals surface area contributed by atoms with Gasteiger partial charge in [0.2, 0.25) is 0 Å². The highest BCUT2D eigenvalue weighted by atomic mass is 35.5. The fourth-order valence-corrected chi connectivity index (χ4v) is 2.92. The lowest BCUT2D eigenvalue weighted by atomic mass is 10.0. The van der Waals surface area contributed by atoms with Crippen molar-refractivity contribution < 1.29 is 5.11 Å². The molecule has 0 aliphatic heterocycles. The Balaban J connectivity index is 1.92. The van der Waals surface area contributed by atoms with Crippen molar-refractivity contribution in [2.24, 2.45) is 7.05 Å². The Morgan fingerprint density at radius 3 is 2.71 bits per heavy atom. The summed E-state index contributed by atoms with van der Waals surface area (Å²) >= 11 is 6.06. The lowest BCUT2D eigenvalue weighted by Gasteiger charge is -2.12. The number of aliphatic hydroxyl groups excluding tert-OH is 1. The number of hydrogen-bond donors (Lipinski definition) is 1. The topological polar surface area (TPSA) is 38.1 Å². The molecule has 0 amide bonds. The van der Waals surface area contributed by atoms with E-state index < -0.39 is 6.10 Å². The average molecular weight is 301 g/mol. The number of aromatic nitrogens is 2. The smallest absolute Gasteiger partial charge is 0.112 e. The molecule has 21 heavy (non-hydrogen) atoms. The van der Waals surface area contributed by atoms with E-state index in [0.29, 0.717) is 11.4 Å². The van der Waals surface area contributed by atoms with E-state index in [2.05, 4.69) is 4.98 Å². The summed E-state index contributed by atoms with van der Waals surface area (Å²) < 4.78 is 2.02. The lowest BCUT2D eigenvalue weighted by Crippen LogP contribution is -2.07. The first-order valence-electron chi connectivity index (χ1n) is 6.90. The molecule has 1 unspecified atom stereocenters. The van der Waals surface area contributed by atoms with Gasteiger partial charge in [-0.2, -0.15) is 0 Å². The van der Waals surface area contributed by atoms with Crippen molar-refractivity contribution in [3.8, 4) is 0 Å². The molecule has 1 heterocycles. The van der Waals surface area contributed by atoms with Crippen LogP contribution in [0.3, 0.4) is 0 Å². The van der Waals surface area contributed by atoms with Gasteiger partial charge in [-0.25, -0.2) is 4.98 Å². The summed E-state index contributed by atoms with van der Waals surface area (Å²) in [6.45, 7) is 1.97. The molecule has 0 radical (unpaired) electrons. The van der Waals surface area contributed by atoms with Crippen LogP contribution in [0.5, 0.6) is 0 Å². The molecule has 2 aromatic carbocycles. The monoisotopic (exact) mass is 300 g/mol. The van der Waals surface area contributed by atoms with Gasteiger partial charge in [0.1, 0.15) is 5.82 Å². The molecular formula is C17H17ClN2O. The number of aryl methyl sites for hydroxylation is 2. The van der Waals surface area contributed by atoms with Gasteiger partial charge in [0.25, 0.3) is 0 Å². The Labute approximate surface area is 128 Å². The number of nitrogens with zero attached hydrogens (tertiary/aromatic N) is 2. The second-order valence-electron chi connectivity index (χ2n) is 5.36. The molecule has 0 spiro atoms. The minimum Gasteiger partial charge on any atom is -0.388 e. The molecule has 0 aliphatic carbocycles. The number of aliphatic hydroxyl groups is 1. The molecule has 0 saturated heterocycles. The van der Waals surface area contributed by atoms with Crippen molar-refractivity contribution >= 4 is 22.6 Å². The van der Waals surface area contributed by atoms with Crippen LogP contribution in [-0.2, 0) is 13.5 Å². The summed E-state index contributed by atoms with van der Waals surface area (Å²) in [4.78, 5) is 4.59. The SMILES string of the molecule is Cc1cc(Cl)cc(C(O)Cc2nc3ccccc3n2C)c1. The minimum absolute atomic E-state index is 0.463. The molecule has 3 aromatic rings. The average Bonchev–Trinajstić information content (AvgIpc) is 2.75. The van der Waals surface area contributed by atoms with E-state index in [1.165, 1.54) is 0 Å². The summed E-state index contributed by atoms with van der Waals surface area (Å²) in [5.41, 5.74) is 3.89. The van der Waals surface area contributed by atoms with E-state index in [1.807, 2.05) is 61.0 Å². The van der Waals surface area contributed by atoms with Crippen LogP contribution in [0.1, 0.15) is 23.1 Å². The van der Waals surface area contributed by atoms with Gasteiger partial charge in [-0.05, 0) is 42.3 Å². The Morgan fingerprint density at radius 1 is 1.24 bits per heavy atom. The van der Waals surface area contributed by atoms with Gasteiger partial charge in [0.15, 0.2) is 0 Å². The molecule has 1 N–H and O–H groups in total. The summed E-state index contributed by atoms with van der Waals surface area (Å²) in [5, 5.41) is 11.1. The molecular weight excluding hydrogens is 284 g/mol. The van der Waals surface area contributed by atoms with Crippen molar-refractivity contribution in [3.05, 3.63) is 64.4 Å². The number of benzene rings is 2. The summed E-state index contributed by atoms with van der Waals surface area (Å²) in [7, 11) is 1.97. The van der Waals surface area contributed by atoms with Crippen molar-refractivity contribution in [2.75, 3.05) is 0 Å². The van der Waals surface area contributed by atoms with Crippen molar-refractivity contribution in [1.82, 2.24) is 9.55 Å². The first kappa shape index (κ1) is 14.1. The number of para-hydroxylation sites is 2. The van der Waals surface area contributed by atoms with Crippen molar-refractivity contribution in [1.29, 1.82) is 0 Å². The third-order valence-electron chi connectivity index (χ3n) is 3.70. The van der Waals surface area contributed by atoms with E-state index in [4.69, 9.17) is 11.6 Å². The first-order valence-corrected chi connectivity index (χ1v) is 7.28. The number of halogens is 1. The molecule has 3 nitrogen and oxygen atoms in total. The van der Waals surface area contributed by atoms with Crippen LogP contribution in [-0.4, -0.2) is 14.7 Å². The number of hydrogen-bond acceptors (Lipinski definition) is 2. The molecule has 1 atom stereocenters. The van der Waals surface area contributed by atoms with Gasteiger partial charge in [-0.3, -0.25) is 0 Å². The zero-order valence-corrected chi connectivity index (χ0v) is 12.8. The fraction of sp³-hybridized carbons (Fsp3) is 0.235. The lowest BCUT2D eigenvalue weighted by molar-refractivity contribution is 0.175. The molecule has 0 aliphatic rings. The largest absolute Gasteiger partial charge is 0.388 e. The van der Waals surface area contributed by atoms with Gasteiger partial charge in [-0.15, -0.1) is 0 Å². The number of rotatable bonds is 3. The van der Waals surface area contributed by atoms with Gasteiger partial charge in [0.05, 0.1) is 17.1 Å². The molecule has 0 fully saturated rings. The Bertz CT molecular complexity index is 774. The second kappa shape index (κ2) is 5.51. The maximum Gasteiger partial charge on any atom is 0.112 e. The molecule has 0 bridgehead atoms. The molecule has 0 saturated carbocycles. The number of fused-ring (bicyclic) bond motifs is 1. The van der Waals surface area contributed by atoms with Crippen LogP contribution >= 0.6 is 11.6 Å². The zero-order valence-electron chi connectivity index (χ0n) is 12.0. The Kier molecular flexibility index (Phi) is 3.70. The molecule has 1 aromatic heterocycles. The maximum absolute atomic E-state index is 10.5. The summed E-state index contributed by atoms with van der Waals surface area (Å²) in [6.07, 6.45) is -0.150. The predicted molar refractivity (Wildman–Crippen MR) is 85.6 cm³/mol. The highest BCUT2D eigenvalue weighted by Gasteiger charge is 2.14. The van der Waals surface area contributed by atoms with Crippen LogP contribution in [0.25, 0.3) is 11.0 Å². The zero-order chi connectivity index (χ0) is 15.0. The van der Waals surface area contributed by atoms with E-state index in [-0.39, 0.29) is 0 Å². The van der Waals surface area contributed by atoms with E-state index in [9.17, 15) is 5.11 Å². The number of imidazole rings is 1. The van der Waals surface area contributed by atoms with Crippen LogP contribution in [0.2, 0.25) is 5.02 Å². The van der Waals surface area contributed by atoms with Crippen LogP contribution in [0, 0.1) is 6.92 Å². The normalized spacial score (nSPS) is 12.8. The highest BCUT2D eigenvalue weighted by Crippen LogP contribution is 2.24.